The number of amides is 2. The quantitative estimate of drug-likeness (QED) is 0.307. The normalized spacial score (nSPS) is 20.8. The fourth-order valence-corrected chi connectivity index (χ4v) is 5.79. The summed E-state index contributed by atoms with van der Waals surface area (Å²) < 4.78 is 6.28. The van der Waals surface area contributed by atoms with Gasteiger partial charge < -0.3 is 20.3 Å². The number of nitrogens with zero attached hydrogens (tertiary/aromatic N) is 3. The number of nitrogens with one attached hydrogen (secondary N) is 2. The topological polar surface area (TPSA) is 96.4 Å². The van der Waals surface area contributed by atoms with Gasteiger partial charge in [0.25, 0.3) is 0 Å². The van der Waals surface area contributed by atoms with E-state index in [1.807, 2.05) is 66.6 Å². The lowest BCUT2D eigenvalue weighted by molar-refractivity contribution is -0.118. The van der Waals surface area contributed by atoms with Crippen molar-refractivity contribution in [2.24, 2.45) is 5.92 Å². The Morgan fingerprint density at radius 3 is 2.67 bits per heavy atom. The maximum absolute atomic E-state index is 12.8. The molecule has 3 aliphatic rings. The van der Waals surface area contributed by atoms with Crippen molar-refractivity contribution in [3.8, 4) is 16.9 Å². The molecule has 2 aromatic heterocycles. The van der Waals surface area contributed by atoms with Crippen LogP contribution < -0.4 is 20.3 Å². The molecule has 0 spiro atoms. The summed E-state index contributed by atoms with van der Waals surface area (Å²) in [5.74, 6) is 1.85. The van der Waals surface area contributed by atoms with Gasteiger partial charge in [0.1, 0.15) is 17.7 Å². The molecule has 200 valence electrons. The van der Waals surface area contributed by atoms with Crippen LogP contribution in [0.5, 0.6) is 5.75 Å². The lowest BCUT2D eigenvalue weighted by Gasteiger charge is -2.28. The number of benzene rings is 2. The van der Waals surface area contributed by atoms with Crippen LogP contribution in [0.3, 0.4) is 0 Å². The average Bonchev–Trinajstić information content (AvgIpc) is 3.67. The molecule has 8 heteroatoms. The van der Waals surface area contributed by atoms with Crippen LogP contribution in [0, 0.1) is 5.92 Å². The van der Waals surface area contributed by atoms with Crippen molar-refractivity contribution in [2.45, 2.75) is 38.2 Å². The second-order valence-electron chi connectivity index (χ2n) is 10.7. The third kappa shape index (κ3) is 4.55. The van der Waals surface area contributed by atoms with Crippen molar-refractivity contribution in [2.75, 3.05) is 22.1 Å². The Balaban J connectivity index is 1.06. The van der Waals surface area contributed by atoms with Gasteiger partial charge >= 0.3 is 0 Å². The predicted molar refractivity (Wildman–Crippen MR) is 154 cm³/mol. The van der Waals surface area contributed by atoms with Gasteiger partial charge in [0.15, 0.2) is 0 Å². The van der Waals surface area contributed by atoms with Gasteiger partial charge in [-0.2, -0.15) is 0 Å². The minimum atomic E-state index is -0.185. The average molecular weight is 532 g/mol. The molecule has 1 saturated heterocycles. The molecule has 40 heavy (non-hydrogen) atoms. The van der Waals surface area contributed by atoms with Crippen molar-refractivity contribution in [3.63, 3.8) is 0 Å². The first-order valence-corrected chi connectivity index (χ1v) is 13.7. The second-order valence-corrected chi connectivity index (χ2v) is 10.7. The summed E-state index contributed by atoms with van der Waals surface area (Å²) in [5, 5.41) is 6.34. The molecule has 1 saturated carbocycles. The van der Waals surface area contributed by atoms with E-state index in [9.17, 15) is 9.59 Å². The summed E-state index contributed by atoms with van der Waals surface area (Å²) >= 11 is 0. The molecule has 2 aliphatic heterocycles. The monoisotopic (exact) mass is 531 g/mol. The van der Waals surface area contributed by atoms with E-state index in [0.717, 1.165) is 53.2 Å². The number of carbonyl (C=O) groups is 2. The van der Waals surface area contributed by atoms with Crippen molar-refractivity contribution in [3.05, 3.63) is 90.4 Å². The third-order valence-electron chi connectivity index (χ3n) is 7.95. The van der Waals surface area contributed by atoms with E-state index in [4.69, 9.17) is 4.74 Å². The zero-order chi connectivity index (χ0) is 27.2. The Hall–Kier alpha value is -4.72. The van der Waals surface area contributed by atoms with E-state index in [2.05, 4.69) is 32.7 Å². The number of hydrogen-bond donors (Lipinski definition) is 2. The molecule has 1 aliphatic carbocycles. The predicted octanol–water partition coefficient (Wildman–Crippen LogP) is 6.21. The number of ether oxygens (including phenoxy) is 1. The lowest BCUT2D eigenvalue weighted by atomic mass is 9.94. The van der Waals surface area contributed by atoms with Gasteiger partial charge in [-0.1, -0.05) is 30.3 Å². The molecular formula is C32H29N5O3. The fourth-order valence-electron chi connectivity index (χ4n) is 5.79. The molecule has 0 bridgehead atoms. The molecule has 7 rings (SSSR count). The molecule has 8 nitrogen and oxygen atoms in total. The molecule has 2 N–H and O–H groups in total. The minimum absolute atomic E-state index is 0.0154. The number of anilines is 4. The summed E-state index contributed by atoms with van der Waals surface area (Å²) in [7, 11) is 0. The summed E-state index contributed by atoms with van der Waals surface area (Å²) in [5.41, 5.74) is 6.44. The lowest BCUT2D eigenvalue weighted by Crippen LogP contribution is -2.24. The maximum atomic E-state index is 12.8. The van der Waals surface area contributed by atoms with Crippen molar-refractivity contribution < 1.29 is 14.3 Å². The Morgan fingerprint density at radius 2 is 1.85 bits per heavy atom. The van der Waals surface area contributed by atoms with Crippen molar-refractivity contribution in [1.82, 2.24) is 9.97 Å². The van der Waals surface area contributed by atoms with Crippen LogP contribution in [0.1, 0.15) is 49.3 Å². The first kappa shape index (κ1) is 24.3. The van der Waals surface area contributed by atoms with Crippen LogP contribution >= 0.6 is 0 Å². The molecule has 2 amide bonds. The zero-order valence-corrected chi connectivity index (χ0v) is 22.1. The van der Waals surface area contributed by atoms with E-state index >= 15 is 0 Å². The second kappa shape index (κ2) is 9.79. The molecule has 3 unspecified atom stereocenters. The van der Waals surface area contributed by atoms with Crippen LogP contribution in [0.4, 0.5) is 22.9 Å². The van der Waals surface area contributed by atoms with Gasteiger partial charge in [-0.15, -0.1) is 0 Å². The smallest absolute Gasteiger partial charge is 0.228 e. The van der Waals surface area contributed by atoms with Gasteiger partial charge in [-0.05, 0) is 55.5 Å². The molecule has 2 aromatic carbocycles. The van der Waals surface area contributed by atoms with E-state index in [-0.39, 0.29) is 29.8 Å². The van der Waals surface area contributed by atoms with Crippen LogP contribution in [0.2, 0.25) is 0 Å². The van der Waals surface area contributed by atoms with Gasteiger partial charge in [0.05, 0.1) is 23.8 Å². The highest BCUT2D eigenvalue weighted by molar-refractivity contribution is 5.96. The van der Waals surface area contributed by atoms with E-state index in [1.165, 1.54) is 5.56 Å². The SMILES string of the molecule is CC1Oc2cc(N3CCCC3=O)ccc2-c2cnc(Nc3cncc(NC(=O)C4CC4c4ccccc4)c3)cc21. The number of rotatable bonds is 6. The van der Waals surface area contributed by atoms with E-state index in [0.29, 0.717) is 17.9 Å². The van der Waals surface area contributed by atoms with Crippen molar-refractivity contribution >= 4 is 34.7 Å². The zero-order valence-electron chi connectivity index (χ0n) is 22.1. The number of hydrogen-bond acceptors (Lipinski definition) is 6. The van der Waals surface area contributed by atoms with Gasteiger partial charge in [0, 0.05) is 53.5 Å². The van der Waals surface area contributed by atoms with Gasteiger partial charge in [-0.25, -0.2) is 4.98 Å². The minimum Gasteiger partial charge on any atom is -0.485 e. The highest BCUT2D eigenvalue weighted by atomic mass is 16.5. The third-order valence-corrected chi connectivity index (χ3v) is 7.95. The fraction of sp³-hybridized carbons (Fsp3) is 0.250. The van der Waals surface area contributed by atoms with Crippen molar-refractivity contribution in [1.29, 1.82) is 0 Å². The Labute approximate surface area is 232 Å². The molecule has 4 aromatic rings. The van der Waals surface area contributed by atoms with Crippen LogP contribution in [-0.4, -0.2) is 28.3 Å². The highest BCUT2D eigenvalue weighted by Crippen LogP contribution is 2.48. The molecule has 3 atom stereocenters. The van der Waals surface area contributed by atoms with Gasteiger partial charge in [0.2, 0.25) is 11.8 Å². The standard InChI is InChI=1S/C32H29N5O3/c1-19-25-15-30(34-18-28(25)24-10-9-23(13-29(24)40-19)37-11-5-8-31(37)38)35-21-12-22(17-33-16-21)36-32(39)27-14-26(27)20-6-3-2-4-7-20/h2-4,6-7,9-10,12-13,15-19,26-27H,5,8,11,14H2,1H3,(H,34,35)(H,36,39). The highest BCUT2D eigenvalue weighted by Gasteiger charge is 2.43. The number of carbonyl (C=O) groups excluding carboxylic acids is 2. The largest absolute Gasteiger partial charge is 0.485 e. The van der Waals surface area contributed by atoms with Crippen LogP contribution in [-0.2, 0) is 9.59 Å². The van der Waals surface area contributed by atoms with E-state index in [1.54, 1.807) is 12.4 Å². The number of pyridine rings is 2. The number of fused-ring (bicyclic) bond motifs is 3. The Kier molecular flexibility index (Phi) is 5.95. The van der Waals surface area contributed by atoms with E-state index < -0.39 is 0 Å². The summed E-state index contributed by atoms with van der Waals surface area (Å²) in [6.45, 7) is 2.76. The van der Waals surface area contributed by atoms with Crippen LogP contribution in [0.25, 0.3) is 11.1 Å². The molecule has 4 heterocycles. The summed E-state index contributed by atoms with van der Waals surface area (Å²) in [6, 6.07) is 20.0. The van der Waals surface area contributed by atoms with Crippen LogP contribution in [0.15, 0.2) is 79.3 Å². The first-order chi connectivity index (χ1) is 19.5. The maximum Gasteiger partial charge on any atom is 0.228 e. The van der Waals surface area contributed by atoms with Gasteiger partial charge in [-0.3, -0.25) is 14.6 Å². The Bertz CT molecular complexity index is 1620. The Morgan fingerprint density at radius 1 is 1.00 bits per heavy atom. The summed E-state index contributed by atoms with van der Waals surface area (Å²) in [4.78, 5) is 35.8. The molecular weight excluding hydrogens is 502 g/mol. The molecule has 0 radical (unpaired) electrons. The summed E-state index contributed by atoms with van der Waals surface area (Å²) in [6.07, 6.45) is 7.37. The number of aromatic nitrogens is 2. The first-order valence-electron chi connectivity index (χ1n) is 13.7. The molecule has 2 fully saturated rings.